The van der Waals surface area contributed by atoms with Crippen molar-refractivity contribution in [3.05, 3.63) is 5.57 Å². The van der Waals surface area contributed by atoms with Crippen LogP contribution in [-0.2, 0) is 4.79 Å². The molecule has 0 aromatic rings. The Morgan fingerprint density at radius 1 is 1.75 bits per heavy atom. The SMILES string of the molecule is C[N+]1(C)N=CN=C1C(=C=N)C=O. The van der Waals surface area contributed by atoms with Crippen molar-refractivity contribution in [2.45, 2.75) is 0 Å². The van der Waals surface area contributed by atoms with E-state index in [1.165, 1.54) is 6.34 Å². The molecule has 0 unspecified atom stereocenters. The zero-order chi connectivity index (χ0) is 9.19. The number of aldehydes is 1. The zero-order valence-electron chi connectivity index (χ0n) is 6.90. The number of nitrogens with one attached hydrogen (secondary N) is 1. The Kier molecular flexibility index (Phi) is 1.99. The summed E-state index contributed by atoms with van der Waals surface area (Å²) >= 11 is 0. The van der Waals surface area contributed by atoms with Gasteiger partial charge >= 0.3 is 0 Å². The molecule has 1 heterocycles. The van der Waals surface area contributed by atoms with E-state index in [-0.39, 0.29) is 10.2 Å². The second kappa shape index (κ2) is 2.81. The molecule has 62 valence electrons. The average molecular weight is 165 g/mol. The molecule has 1 aliphatic rings. The first-order chi connectivity index (χ1) is 5.61. The van der Waals surface area contributed by atoms with Gasteiger partial charge in [-0.3, -0.25) is 10.2 Å². The molecule has 0 atom stereocenters. The van der Waals surface area contributed by atoms with E-state index in [4.69, 9.17) is 5.41 Å². The molecule has 5 heteroatoms. The fourth-order valence-electron chi connectivity index (χ4n) is 0.908. The largest absolute Gasteiger partial charge is 0.297 e. The van der Waals surface area contributed by atoms with Gasteiger partial charge in [-0.05, 0) is 5.87 Å². The van der Waals surface area contributed by atoms with Crippen LogP contribution < -0.4 is 0 Å². The third-order valence-corrected chi connectivity index (χ3v) is 1.53. The molecular weight excluding hydrogens is 156 g/mol. The van der Waals surface area contributed by atoms with Gasteiger partial charge in [0.1, 0.15) is 0 Å². The summed E-state index contributed by atoms with van der Waals surface area (Å²) in [6.07, 6.45) is 1.93. The van der Waals surface area contributed by atoms with Gasteiger partial charge in [0.25, 0.3) is 5.84 Å². The molecule has 0 amide bonds. The molecule has 0 aliphatic carbocycles. The smallest absolute Gasteiger partial charge is 0.275 e. The van der Waals surface area contributed by atoms with E-state index in [0.717, 1.165) is 0 Å². The Labute approximate surface area is 69.8 Å². The summed E-state index contributed by atoms with van der Waals surface area (Å²) in [6.45, 7) is 0. The molecule has 0 saturated heterocycles. The van der Waals surface area contributed by atoms with Gasteiger partial charge in [-0.15, -0.1) is 0 Å². The van der Waals surface area contributed by atoms with Gasteiger partial charge in [-0.1, -0.05) is 5.10 Å². The molecule has 5 nitrogen and oxygen atoms in total. The molecule has 12 heavy (non-hydrogen) atoms. The van der Waals surface area contributed by atoms with Gasteiger partial charge in [0, 0.05) is 0 Å². The van der Waals surface area contributed by atoms with E-state index < -0.39 is 0 Å². The lowest BCUT2D eigenvalue weighted by atomic mass is 10.3. The highest BCUT2D eigenvalue weighted by Gasteiger charge is 2.31. The van der Waals surface area contributed by atoms with E-state index in [9.17, 15) is 4.79 Å². The van der Waals surface area contributed by atoms with Gasteiger partial charge in [0.05, 0.1) is 14.1 Å². The minimum Gasteiger partial charge on any atom is -0.297 e. The van der Waals surface area contributed by atoms with E-state index in [2.05, 4.69) is 10.1 Å². The Hall–Kier alpha value is -1.58. The van der Waals surface area contributed by atoms with Crippen LogP contribution in [0.1, 0.15) is 0 Å². The van der Waals surface area contributed by atoms with E-state index >= 15 is 0 Å². The van der Waals surface area contributed by atoms with Crippen LogP contribution in [0.15, 0.2) is 15.7 Å². The lowest BCUT2D eigenvalue weighted by Crippen LogP contribution is -2.39. The van der Waals surface area contributed by atoms with Crippen LogP contribution in [0.4, 0.5) is 0 Å². The summed E-state index contributed by atoms with van der Waals surface area (Å²) in [6, 6.07) is 0. The monoisotopic (exact) mass is 165 g/mol. The summed E-state index contributed by atoms with van der Waals surface area (Å²) in [5.74, 6) is 2.47. The number of quaternary nitrogens is 1. The number of likely N-dealkylation sites (N-methyl/N-ethyl adjacent to an activating group) is 1. The molecule has 0 aromatic heterocycles. The van der Waals surface area contributed by atoms with Crippen LogP contribution in [0.3, 0.4) is 0 Å². The number of nitrogens with zero attached hydrogens (tertiary/aromatic N) is 3. The Morgan fingerprint density at radius 3 is 2.75 bits per heavy atom. The van der Waals surface area contributed by atoms with E-state index in [1.807, 2.05) is 5.87 Å². The summed E-state index contributed by atoms with van der Waals surface area (Å²) in [4.78, 5) is 14.3. The van der Waals surface area contributed by atoms with Gasteiger partial charge < -0.3 is 0 Å². The van der Waals surface area contributed by atoms with Crippen molar-refractivity contribution in [2.24, 2.45) is 10.1 Å². The third-order valence-electron chi connectivity index (χ3n) is 1.53. The highest BCUT2D eigenvalue weighted by Crippen LogP contribution is 2.10. The first-order valence-electron chi connectivity index (χ1n) is 3.33. The fourth-order valence-corrected chi connectivity index (χ4v) is 0.908. The number of aliphatic imine (C=N–C) groups is 1. The molecule has 0 saturated carbocycles. The van der Waals surface area contributed by atoms with Gasteiger partial charge in [0.15, 0.2) is 18.2 Å². The number of carbonyl (C=O) groups excluding carboxylic acids is 1. The second-order valence-corrected chi connectivity index (χ2v) is 2.73. The van der Waals surface area contributed by atoms with Crippen molar-refractivity contribution in [3.63, 3.8) is 0 Å². The summed E-state index contributed by atoms with van der Waals surface area (Å²) in [5, 5.41) is 10.8. The molecule has 0 bridgehead atoms. The summed E-state index contributed by atoms with van der Waals surface area (Å²) in [5.41, 5.74) is 0.137. The van der Waals surface area contributed by atoms with Crippen LogP contribution in [-0.4, -0.2) is 43.0 Å². The van der Waals surface area contributed by atoms with Crippen LogP contribution in [0.25, 0.3) is 0 Å². The number of hydrogen-bond donors (Lipinski definition) is 1. The molecule has 1 rings (SSSR count). The molecular formula is C7H9N4O+. The number of rotatable bonds is 2. The standard InChI is InChI=1S/C7H9N4O/c1-11(2)7(9-5-10-11)6(3-8)4-12/h4-5,8H,1-2H3/q+1. The first-order valence-corrected chi connectivity index (χ1v) is 3.33. The maximum absolute atomic E-state index is 10.4. The third kappa shape index (κ3) is 1.23. The predicted octanol–water partition coefficient (Wildman–Crippen LogP) is -0.208. The quantitative estimate of drug-likeness (QED) is 0.261. The van der Waals surface area contributed by atoms with Gasteiger partial charge in [-0.25, -0.2) is 0 Å². The van der Waals surface area contributed by atoms with Crippen molar-refractivity contribution in [1.82, 2.24) is 0 Å². The first kappa shape index (κ1) is 8.52. The van der Waals surface area contributed by atoms with Crippen LogP contribution in [0, 0.1) is 5.41 Å². The minimum absolute atomic E-state index is 0.137. The minimum atomic E-state index is 0.137. The van der Waals surface area contributed by atoms with E-state index in [0.29, 0.717) is 12.1 Å². The maximum atomic E-state index is 10.4. The van der Waals surface area contributed by atoms with Crippen LogP contribution >= 0.6 is 0 Å². The van der Waals surface area contributed by atoms with Crippen molar-refractivity contribution >= 4 is 24.3 Å². The van der Waals surface area contributed by atoms with Crippen molar-refractivity contribution in [2.75, 3.05) is 14.1 Å². The molecule has 0 spiro atoms. The second-order valence-electron chi connectivity index (χ2n) is 2.73. The van der Waals surface area contributed by atoms with Gasteiger partial charge in [0.2, 0.25) is 0 Å². The average Bonchev–Trinajstić information content (AvgIpc) is 2.34. The van der Waals surface area contributed by atoms with Crippen molar-refractivity contribution in [1.29, 1.82) is 5.41 Å². The highest BCUT2D eigenvalue weighted by atomic mass is 16.1. The zero-order valence-corrected chi connectivity index (χ0v) is 6.90. The highest BCUT2D eigenvalue weighted by molar-refractivity contribution is 6.19. The summed E-state index contributed by atoms with van der Waals surface area (Å²) < 4.78 is 0.139. The molecule has 0 radical (unpaired) electrons. The number of amidine groups is 1. The summed E-state index contributed by atoms with van der Waals surface area (Å²) in [7, 11) is 3.53. The Balaban J connectivity index is 3.08. The van der Waals surface area contributed by atoms with Crippen molar-refractivity contribution in [3.8, 4) is 0 Å². The Bertz CT molecular complexity index is 320. The van der Waals surface area contributed by atoms with Gasteiger partial charge in [-0.2, -0.15) is 9.58 Å². The molecule has 0 fully saturated rings. The molecule has 1 aliphatic heterocycles. The number of hydrogen-bond acceptors (Lipinski definition) is 4. The van der Waals surface area contributed by atoms with Crippen LogP contribution in [0.2, 0.25) is 0 Å². The molecule has 0 aromatic carbocycles. The predicted molar refractivity (Wildman–Crippen MR) is 45.3 cm³/mol. The lowest BCUT2D eigenvalue weighted by molar-refractivity contribution is -0.802. The topological polar surface area (TPSA) is 65.6 Å². The van der Waals surface area contributed by atoms with Crippen molar-refractivity contribution < 1.29 is 9.39 Å². The Morgan fingerprint density at radius 2 is 2.42 bits per heavy atom. The maximum Gasteiger partial charge on any atom is 0.275 e. The van der Waals surface area contributed by atoms with Crippen LogP contribution in [0.5, 0.6) is 0 Å². The molecule has 1 N–H and O–H groups in total. The van der Waals surface area contributed by atoms with E-state index in [1.54, 1.807) is 14.1 Å². The number of carbonyl (C=O) groups is 1. The lowest BCUT2D eigenvalue weighted by Gasteiger charge is -2.16. The normalized spacial score (nSPS) is 18.3. The fraction of sp³-hybridized carbons (Fsp3) is 0.286.